The monoisotopic (exact) mass is 312 g/mol. The second-order valence-corrected chi connectivity index (χ2v) is 5.19. The number of carbonyl (C=O) groups is 1. The molecule has 2 N–H and O–H groups in total. The molecule has 5 nitrogen and oxygen atoms in total. The van der Waals surface area contributed by atoms with E-state index in [1.54, 1.807) is 36.3 Å². The van der Waals surface area contributed by atoms with Crippen LogP contribution in [0.15, 0.2) is 30.5 Å². The SMILES string of the molecule is CN(Cc1cccc(Cl)c1Cl)C(=O)Cn1ccc(N)n1. The number of hydrogen-bond donors (Lipinski definition) is 1. The highest BCUT2D eigenvalue weighted by molar-refractivity contribution is 6.42. The van der Waals surface area contributed by atoms with Crippen LogP contribution < -0.4 is 5.73 Å². The maximum absolute atomic E-state index is 12.1. The van der Waals surface area contributed by atoms with Crippen LogP contribution in [0.25, 0.3) is 0 Å². The first-order chi connectivity index (χ1) is 9.47. The molecule has 0 saturated heterocycles. The highest BCUT2D eigenvalue weighted by atomic mass is 35.5. The van der Waals surface area contributed by atoms with Crippen LogP contribution >= 0.6 is 23.2 Å². The lowest BCUT2D eigenvalue weighted by molar-refractivity contribution is -0.131. The number of nitrogens with two attached hydrogens (primary N) is 1. The Kier molecular flexibility index (Phi) is 4.52. The van der Waals surface area contributed by atoms with Crippen LogP contribution in [0, 0.1) is 0 Å². The lowest BCUT2D eigenvalue weighted by atomic mass is 10.2. The quantitative estimate of drug-likeness (QED) is 0.943. The van der Waals surface area contributed by atoms with E-state index in [0.717, 1.165) is 5.56 Å². The van der Waals surface area contributed by atoms with Crippen LogP contribution in [-0.2, 0) is 17.9 Å². The van der Waals surface area contributed by atoms with Gasteiger partial charge in [-0.25, -0.2) is 0 Å². The van der Waals surface area contributed by atoms with Gasteiger partial charge in [0, 0.05) is 19.8 Å². The molecule has 2 aromatic rings. The molecule has 1 heterocycles. The molecule has 0 fully saturated rings. The van der Waals surface area contributed by atoms with Crippen LogP contribution in [0.2, 0.25) is 10.0 Å². The summed E-state index contributed by atoms with van der Waals surface area (Å²) in [6.45, 7) is 0.515. The summed E-state index contributed by atoms with van der Waals surface area (Å²) in [5.41, 5.74) is 6.30. The molecule has 1 aromatic carbocycles. The van der Waals surface area contributed by atoms with Gasteiger partial charge in [0.25, 0.3) is 0 Å². The Hall–Kier alpha value is -1.72. The minimum absolute atomic E-state index is 0.0934. The molecule has 0 saturated carbocycles. The molecule has 0 radical (unpaired) electrons. The zero-order valence-electron chi connectivity index (χ0n) is 10.9. The van der Waals surface area contributed by atoms with Crippen LogP contribution in [0.3, 0.4) is 0 Å². The minimum atomic E-state index is -0.0934. The van der Waals surface area contributed by atoms with Gasteiger partial charge in [0.1, 0.15) is 12.4 Å². The van der Waals surface area contributed by atoms with Crippen molar-refractivity contribution in [1.29, 1.82) is 0 Å². The minimum Gasteiger partial charge on any atom is -0.382 e. The fourth-order valence-corrected chi connectivity index (χ4v) is 2.12. The van der Waals surface area contributed by atoms with Crippen molar-refractivity contribution in [2.45, 2.75) is 13.1 Å². The Labute approximate surface area is 126 Å². The third kappa shape index (κ3) is 3.43. The zero-order chi connectivity index (χ0) is 14.7. The summed E-state index contributed by atoms with van der Waals surface area (Å²) < 4.78 is 1.49. The van der Waals surface area contributed by atoms with Crippen molar-refractivity contribution >= 4 is 34.9 Å². The topological polar surface area (TPSA) is 64.2 Å². The van der Waals surface area contributed by atoms with E-state index in [1.165, 1.54) is 4.68 Å². The first kappa shape index (κ1) is 14.7. The second kappa shape index (κ2) is 6.15. The standard InChI is InChI=1S/C13H14Cl2N4O/c1-18(7-9-3-2-4-10(14)13(9)15)12(20)8-19-6-5-11(16)17-19/h2-6H,7-8H2,1H3,(H2,16,17). The van der Waals surface area contributed by atoms with Gasteiger partial charge in [0.2, 0.25) is 5.91 Å². The van der Waals surface area contributed by atoms with Gasteiger partial charge in [0.15, 0.2) is 0 Å². The number of likely N-dealkylation sites (N-methyl/N-ethyl adjacent to an activating group) is 1. The summed E-state index contributed by atoms with van der Waals surface area (Å²) in [6, 6.07) is 6.99. The van der Waals surface area contributed by atoms with E-state index in [0.29, 0.717) is 22.4 Å². The molecule has 0 aliphatic heterocycles. The second-order valence-electron chi connectivity index (χ2n) is 4.40. The molecule has 0 aliphatic carbocycles. The molecule has 0 spiro atoms. The number of anilines is 1. The molecule has 106 valence electrons. The molecule has 1 aromatic heterocycles. The average molecular weight is 313 g/mol. The first-order valence-corrected chi connectivity index (χ1v) is 6.68. The lowest BCUT2D eigenvalue weighted by Gasteiger charge is -2.18. The molecule has 1 amide bonds. The van der Waals surface area contributed by atoms with E-state index in [1.807, 2.05) is 6.07 Å². The van der Waals surface area contributed by atoms with Crippen LogP contribution in [0.4, 0.5) is 5.82 Å². The largest absolute Gasteiger partial charge is 0.382 e. The fourth-order valence-electron chi connectivity index (χ4n) is 1.74. The number of amides is 1. The van der Waals surface area contributed by atoms with Gasteiger partial charge < -0.3 is 10.6 Å². The van der Waals surface area contributed by atoms with E-state index < -0.39 is 0 Å². The zero-order valence-corrected chi connectivity index (χ0v) is 12.4. The molecular weight excluding hydrogens is 299 g/mol. The summed E-state index contributed by atoms with van der Waals surface area (Å²) in [7, 11) is 1.70. The third-order valence-corrected chi connectivity index (χ3v) is 3.68. The van der Waals surface area contributed by atoms with Crippen molar-refractivity contribution in [1.82, 2.24) is 14.7 Å². The summed E-state index contributed by atoms with van der Waals surface area (Å²) in [4.78, 5) is 13.6. The number of benzene rings is 1. The predicted octanol–water partition coefficient (Wildman–Crippen LogP) is 2.43. The van der Waals surface area contributed by atoms with Crippen molar-refractivity contribution in [3.8, 4) is 0 Å². The summed E-state index contributed by atoms with van der Waals surface area (Å²) in [5, 5.41) is 4.92. The Balaban J connectivity index is 2.02. The van der Waals surface area contributed by atoms with E-state index in [-0.39, 0.29) is 12.5 Å². The fraction of sp³-hybridized carbons (Fsp3) is 0.231. The number of rotatable bonds is 4. The summed E-state index contributed by atoms with van der Waals surface area (Å²) in [6.07, 6.45) is 1.66. The van der Waals surface area contributed by atoms with Crippen molar-refractivity contribution < 1.29 is 4.79 Å². The molecule has 0 unspecified atom stereocenters. The van der Waals surface area contributed by atoms with E-state index in [9.17, 15) is 4.79 Å². The Morgan fingerprint density at radius 2 is 2.15 bits per heavy atom. The average Bonchev–Trinajstić information content (AvgIpc) is 2.80. The van der Waals surface area contributed by atoms with Gasteiger partial charge in [-0.2, -0.15) is 5.10 Å². The molecule has 0 bridgehead atoms. The molecule has 20 heavy (non-hydrogen) atoms. The van der Waals surface area contributed by atoms with E-state index in [2.05, 4.69) is 5.10 Å². The number of aromatic nitrogens is 2. The molecule has 2 rings (SSSR count). The smallest absolute Gasteiger partial charge is 0.244 e. The number of carbonyl (C=O) groups excluding carboxylic acids is 1. The van der Waals surface area contributed by atoms with E-state index >= 15 is 0 Å². The number of nitrogens with zero attached hydrogens (tertiary/aromatic N) is 3. The van der Waals surface area contributed by atoms with Crippen molar-refractivity contribution in [3.63, 3.8) is 0 Å². The van der Waals surface area contributed by atoms with Gasteiger partial charge in [-0.05, 0) is 17.7 Å². The van der Waals surface area contributed by atoms with Crippen molar-refractivity contribution in [2.75, 3.05) is 12.8 Å². The number of nitrogen functional groups attached to an aromatic ring is 1. The summed E-state index contributed by atoms with van der Waals surface area (Å²) in [5.74, 6) is 0.294. The highest BCUT2D eigenvalue weighted by Crippen LogP contribution is 2.26. The van der Waals surface area contributed by atoms with Crippen molar-refractivity contribution in [3.05, 3.63) is 46.1 Å². The first-order valence-electron chi connectivity index (χ1n) is 5.93. The Morgan fingerprint density at radius 1 is 1.40 bits per heavy atom. The maximum Gasteiger partial charge on any atom is 0.244 e. The van der Waals surface area contributed by atoms with Crippen LogP contribution in [0.5, 0.6) is 0 Å². The molecular formula is C13H14Cl2N4O. The normalized spacial score (nSPS) is 10.6. The molecule has 0 atom stereocenters. The number of hydrogen-bond acceptors (Lipinski definition) is 3. The molecule has 0 aliphatic rings. The lowest BCUT2D eigenvalue weighted by Crippen LogP contribution is -2.30. The van der Waals surface area contributed by atoms with Crippen LogP contribution in [0.1, 0.15) is 5.56 Å². The predicted molar refractivity (Wildman–Crippen MR) is 79.6 cm³/mol. The summed E-state index contributed by atoms with van der Waals surface area (Å²) >= 11 is 12.0. The Bertz CT molecular complexity index is 627. The van der Waals surface area contributed by atoms with Gasteiger partial charge in [-0.1, -0.05) is 35.3 Å². The highest BCUT2D eigenvalue weighted by Gasteiger charge is 2.13. The maximum atomic E-state index is 12.1. The molecule has 7 heteroatoms. The Morgan fingerprint density at radius 3 is 2.80 bits per heavy atom. The van der Waals surface area contributed by atoms with Gasteiger partial charge in [-0.3, -0.25) is 9.48 Å². The van der Waals surface area contributed by atoms with Gasteiger partial charge in [0.05, 0.1) is 10.0 Å². The van der Waals surface area contributed by atoms with Crippen molar-refractivity contribution in [2.24, 2.45) is 0 Å². The van der Waals surface area contributed by atoms with E-state index in [4.69, 9.17) is 28.9 Å². The van der Waals surface area contributed by atoms with Gasteiger partial charge >= 0.3 is 0 Å². The van der Waals surface area contributed by atoms with Gasteiger partial charge in [-0.15, -0.1) is 0 Å². The number of halogens is 2. The third-order valence-electron chi connectivity index (χ3n) is 2.82. The van der Waals surface area contributed by atoms with Crippen LogP contribution in [-0.4, -0.2) is 27.6 Å².